The largest absolute Gasteiger partial charge is 0.508 e. The molecule has 0 bridgehead atoms. The molecule has 4 heterocycles. The van der Waals surface area contributed by atoms with E-state index in [0.29, 0.717) is 0 Å². The van der Waals surface area contributed by atoms with Gasteiger partial charge in [-0.2, -0.15) is 0 Å². The number of rotatable bonds is 9. The van der Waals surface area contributed by atoms with Gasteiger partial charge in [0.2, 0.25) is 17.5 Å². The number of aliphatic hydroxyl groups excluding tert-OH is 9. The van der Waals surface area contributed by atoms with Crippen LogP contribution in [0.4, 0.5) is 0 Å². The lowest BCUT2D eigenvalue weighted by atomic mass is 9.97. The number of benzene rings is 2. The Balaban J connectivity index is 1.40. The Labute approximate surface area is 303 Å². The van der Waals surface area contributed by atoms with Crippen molar-refractivity contribution in [1.29, 1.82) is 0 Å². The fraction of sp³-hybridized carbons (Fsp3) is 0.545. The van der Waals surface area contributed by atoms with Crippen LogP contribution < -0.4 is 10.2 Å². The molecule has 298 valence electrons. The summed E-state index contributed by atoms with van der Waals surface area (Å²) < 4.78 is 39.8. The fourth-order valence-electron chi connectivity index (χ4n) is 6.30. The predicted molar refractivity (Wildman–Crippen MR) is 173 cm³/mol. The third-order valence-corrected chi connectivity index (χ3v) is 9.41. The summed E-state index contributed by atoms with van der Waals surface area (Å²) in [5.41, 5.74) is -1.60. The monoisotopic (exact) mass is 772 g/mol. The van der Waals surface area contributed by atoms with Gasteiger partial charge >= 0.3 is 0 Å². The Hall–Kier alpha value is -3.91. The Morgan fingerprint density at radius 2 is 1.31 bits per heavy atom. The Kier molecular flexibility index (Phi) is 11.5. The lowest BCUT2D eigenvalue weighted by molar-refractivity contribution is -0.360. The molecule has 3 aliphatic heterocycles. The maximum Gasteiger partial charge on any atom is 0.239 e. The molecule has 13 N–H and O–H groups in total. The summed E-state index contributed by atoms with van der Waals surface area (Å²) in [6, 6.07) is 5.02. The molecule has 21 nitrogen and oxygen atoms in total. The van der Waals surface area contributed by atoms with Gasteiger partial charge in [0.15, 0.2) is 35.9 Å². The van der Waals surface area contributed by atoms with Gasteiger partial charge in [0.1, 0.15) is 83.5 Å². The molecule has 0 radical (unpaired) electrons. The molecule has 3 saturated heterocycles. The van der Waals surface area contributed by atoms with Crippen LogP contribution in [0.1, 0.15) is 6.92 Å². The Morgan fingerprint density at radius 1 is 0.667 bits per heavy atom. The van der Waals surface area contributed by atoms with Gasteiger partial charge in [0.25, 0.3) is 0 Å². The summed E-state index contributed by atoms with van der Waals surface area (Å²) in [5, 5.41) is 134. The van der Waals surface area contributed by atoms with Gasteiger partial charge in [-0.3, -0.25) is 4.79 Å². The SMILES string of the molecule is CC1O[C@@H](OC2C(O)[C@@H](O)C(CO[C@@H]3OC(CO)[C@@H](O)[C@H](O)C3O)O[C@H]2Oc2c(-c3ccc(O)c(O)c3)oc3cc(O)cc(O)c3c2=O)[C@@H](O)C(O)[C@H]1O. The number of ether oxygens (including phenoxy) is 6. The molecule has 2 aromatic carbocycles. The number of phenolic OH excluding ortho intramolecular Hbond substituents is 4. The van der Waals surface area contributed by atoms with Crippen LogP contribution in [0.3, 0.4) is 0 Å². The first-order valence-corrected chi connectivity index (χ1v) is 16.5. The number of hydrogen-bond acceptors (Lipinski definition) is 21. The second-order valence-electron chi connectivity index (χ2n) is 13.1. The van der Waals surface area contributed by atoms with E-state index in [2.05, 4.69) is 0 Å². The van der Waals surface area contributed by atoms with E-state index in [4.69, 9.17) is 32.8 Å². The first-order chi connectivity index (χ1) is 25.5. The molecule has 3 aliphatic rings. The van der Waals surface area contributed by atoms with Gasteiger partial charge in [0.05, 0.1) is 19.3 Å². The minimum Gasteiger partial charge on any atom is -0.508 e. The molecule has 3 aromatic rings. The third-order valence-electron chi connectivity index (χ3n) is 9.41. The second-order valence-corrected chi connectivity index (χ2v) is 13.1. The average Bonchev–Trinajstić information content (AvgIpc) is 3.13. The van der Waals surface area contributed by atoms with Gasteiger partial charge in [-0.1, -0.05) is 0 Å². The van der Waals surface area contributed by atoms with Gasteiger partial charge < -0.3 is 99.2 Å². The van der Waals surface area contributed by atoms with Crippen LogP contribution in [0.5, 0.6) is 28.7 Å². The molecule has 1 aromatic heterocycles. The minimum atomic E-state index is -2.08. The molecule has 0 spiro atoms. The highest BCUT2D eigenvalue weighted by Gasteiger charge is 2.52. The van der Waals surface area contributed by atoms with Crippen LogP contribution in [-0.4, -0.2) is 172 Å². The van der Waals surface area contributed by atoms with Gasteiger partial charge in [-0.25, -0.2) is 0 Å². The normalized spacial score (nSPS) is 37.3. The fourth-order valence-corrected chi connectivity index (χ4v) is 6.30. The average molecular weight is 773 g/mol. The number of aliphatic hydroxyl groups is 9. The first-order valence-electron chi connectivity index (χ1n) is 16.5. The quantitative estimate of drug-likeness (QED) is 0.0925. The van der Waals surface area contributed by atoms with Crippen molar-refractivity contribution in [3.63, 3.8) is 0 Å². The maximum absolute atomic E-state index is 14.1. The molecule has 3 fully saturated rings. The standard InChI is InChI=1S/C33H40O21/c1-9-19(39)23(43)27(47)32(49-9)54-30-25(45)21(41)17(8-48-31-26(46)24(44)20(40)16(7-34)51-31)52-33(30)53-29-22(42)18-14(38)5-11(35)6-15(18)50-28(29)10-2-3-12(36)13(37)4-10/h2-6,9,16-17,19-21,23-27,30-41,43-47H,7-8H2,1H3/t9?,16?,17?,19-,20+,21-,23?,24-,25?,26?,27-,30?,31+,32-,33-/m0/s1. The van der Waals surface area contributed by atoms with Crippen LogP contribution in [0.2, 0.25) is 0 Å². The maximum atomic E-state index is 14.1. The van der Waals surface area contributed by atoms with Crippen LogP contribution >= 0.6 is 0 Å². The molecular weight excluding hydrogens is 732 g/mol. The minimum absolute atomic E-state index is 0.115. The van der Waals surface area contributed by atoms with E-state index >= 15 is 0 Å². The summed E-state index contributed by atoms with van der Waals surface area (Å²) in [6.45, 7) is -0.225. The molecule has 7 unspecified atom stereocenters. The van der Waals surface area contributed by atoms with Crippen molar-refractivity contribution in [2.24, 2.45) is 0 Å². The summed E-state index contributed by atoms with van der Waals surface area (Å²) in [4.78, 5) is 14.1. The number of fused-ring (bicyclic) bond motifs is 1. The van der Waals surface area contributed by atoms with Crippen LogP contribution in [0.25, 0.3) is 22.3 Å². The van der Waals surface area contributed by atoms with E-state index in [1.807, 2.05) is 0 Å². The highest BCUT2D eigenvalue weighted by molar-refractivity contribution is 5.88. The van der Waals surface area contributed by atoms with E-state index in [0.717, 1.165) is 24.3 Å². The lowest BCUT2D eigenvalue weighted by Crippen LogP contribution is -2.65. The summed E-state index contributed by atoms with van der Waals surface area (Å²) in [7, 11) is 0. The van der Waals surface area contributed by atoms with Crippen molar-refractivity contribution >= 4 is 11.0 Å². The molecule has 21 heteroatoms. The van der Waals surface area contributed by atoms with Crippen molar-refractivity contribution in [3.8, 4) is 40.1 Å². The van der Waals surface area contributed by atoms with E-state index < -0.39 is 151 Å². The number of aromatic hydroxyl groups is 4. The topological polar surface area (TPSA) is 349 Å². The number of hydrogen-bond donors (Lipinski definition) is 13. The lowest BCUT2D eigenvalue weighted by Gasteiger charge is -2.46. The van der Waals surface area contributed by atoms with E-state index in [-0.39, 0.29) is 11.1 Å². The molecule has 6 rings (SSSR count). The van der Waals surface area contributed by atoms with Crippen molar-refractivity contribution in [1.82, 2.24) is 0 Å². The molecule has 15 atom stereocenters. The third kappa shape index (κ3) is 7.39. The molecule has 0 saturated carbocycles. The summed E-state index contributed by atoms with van der Waals surface area (Å²) >= 11 is 0. The zero-order valence-electron chi connectivity index (χ0n) is 28.0. The molecule has 0 amide bonds. The van der Waals surface area contributed by atoms with Crippen molar-refractivity contribution in [2.45, 2.75) is 99.0 Å². The first kappa shape index (κ1) is 39.8. The second kappa shape index (κ2) is 15.7. The van der Waals surface area contributed by atoms with Crippen molar-refractivity contribution in [3.05, 3.63) is 40.6 Å². The van der Waals surface area contributed by atoms with Crippen molar-refractivity contribution < 1.29 is 99.2 Å². The predicted octanol–water partition coefficient (Wildman–Crippen LogP) is -3.86. The van der Waals surface area contributed by atoms with E-state index in [1.165, 1.54) is 13.0 Å². The van der Waals surface area contributed by atoms with Crippen LogP contribution in [0.15, 0.2) is 39.5 Å². The summed E-state index contributed by atoms with van der Waals surface area (Å²) in [5.74, 6) is -3.79. The molecule has 0 aliphatic carbocycles. The Morgan fingerprint density at radius 3 is 2.00 bits per heavy atom. The van der Waals surface area contributed by atoms with E-state index in [9.17, 15) is 71.2 Å². The van der Waals surface area contributed by atoms with Crippen LogP contribution in [0, 0.1) is 0 Å². The Bertz CT molecular complexity index is 1850. The van der Waals surface area contributed by atoms with Gasteiger partial charge in [-0.15, -0.1) is 0 Å². The zero-order valence-corrected chi connectivity index (χ0v) is 28.0. The van der Waals surface area contributed by atoms with Crippen LogP contribution in [-0.2, 0) is 23.7 Å². The van der Waals surface area contributed by atoms with Crippen molar-refractivity contribution in [2.75, 3.05) is 13.2 Å². The number of phenols is 4. The zero-order chi connectivity index (χ0) is 39.3. The highest BCUT2D eigenvalue weighted by Crippen LogP contribution is 2.40. The van der Waals surface area contributed by atoms with Gasteiger partial charge in [-0.05, 0) is 25.1 Å². The highest BCUT2D eigenvalue weighted by atomic mass is 16.8. The smallest absolute Gasteiger partial charge is 0.239 e. The van der Waals surface area contributed by atoms with Gasteiger partial charge in [0, 0.05) is 17.7 Å². The van der Waals surface area contributed by atoms with E-state index in [1.54, 1.807) is 0 Å². The summed E-state index contributed by atoms with van der Waals surface area (Å²) in [6.07, 6.45) is -26.5. The molecular formula is C33H40O21. The molecule has 54 heavy (non-hydrogen) atoms.